The number of hydrogen-bond donors (Lipinski definition) is 1. The van der Waals surface area contributed by atoms with E-state index in [0.717, 1.165) is 11.8 Å². The second kappa shape index (κ2) is 3.46. The van der Waals surface area contributed by atoms with Crippen molar-refractivity contribution < 1.29 is 0 Å². The van der Waals surface area contributed by atoms with Crippen molar-refractivity contribution in [2.45, 2.75) is 51.6 Å². The summed E-state index contributed by atoms with van der Waals surface area (Å²) >= 11 is 5.49. The zero-order chi connectivity index (χ0) is 12.1. The fourth-order valence-electron chi connectivity index (χ4n) is 3.17. The van der Waals surface area contributed by atoms with Gasteiger partial charge in [-0.3, -0.25) is 5.41 Å². The van der Waals surface area contributed by atoms with Crippen molar-refractivity contribution >= 4 is 23.2 Å². The molecule has 3 aliphatic rings. The first-order chi connectivity index (χ1) is 7.27. The quantitative estimate of drug-likeness (QED) is 0.451. The van der Waals surface area contributed by atoms with Crippen molar-refractivity contribution in [3.63, 3.8) is 0 Å². The summed E-state index contributed by atoms with van der Waals surface area (Å²) in [6.07, 6.45) is 4.31. The minimum absolute atomic E-state index is 0.0372. The Balaban J connectivity index is 2.19. The van der Waals surface area contributed by atoms with Crippen LogP contribution in [-0.4, -0.2) is 27.6 Å². The van der Waals surface area contributed by atoms with E-state index in [1.807, 2.05) is 0 Å². The van der Waals surface area contributed by atoms with Crippen LogP contribution in [0.1, 0.15) is 40.5 Å². The maximum Gasteiger partial charge on any atom is 0.216 e. The van der Waals surface area contributed by atoms with E-state index in [9.17, 15) is 0 Å². The highest BCUT2D eigenvalue weighted by atomic mass is 35.5. The van der Waals surface area contributed by atoms with Crippen LogP contribution < -0.4 is 0 Å². The topological polar surface area (TPSA) is 39.5 Å². The van der Waals surface area contributed by atoms with Gasteiger partial charge in [0, 0.05) is 11.1 Å². The summed E-state index contributed by atoms with van der Waals surface area (Å²) in [6, 6.07) is 0. The summed E-state index contributed by atoms with van der Waals surface area (Å²) in [5.41, 5.74) is 0.328. The van der Waals surface area contributed by atoms with Gasteiger partial charge in [0.2, 0.25) is 5.29 Å². The highest BCUT2D eigenvalue weighted by Crippen LogP contribution is 2.65. The zero-order valence-electron chi connectivity index (χ0n) is 10.4. The Morgan fingerprint density at radius 2 is 2.06 bits per heavy atom. The lowest BCUT2D eigenvalue weighted by Crippen LogP contribution is -2.77. The first kappa shape index (κ1) is 11.9. The van der Waals surface area contributed by atoms with Gasteiger partial charge in [0.1, 0.15) is 0 Å². The molecule has 90 valence electrons. The largest absolute Gasteiger partial charge is 0.352 e. The van der Waals surface area contributed by atoms with Gasteiger partial charge in [-0.1, -0.05) is 6.92 Å². The number of amidine groups is 1. The predicted octanol–water partition coefficient (Wildman–Crippen LogP) is 3.09. The molecule has 16 heavy (non-hydrogen) atoms. The molecule has 1 atom stereocenters. The third-order valence-corrected chi connectivity index (χ3v) is 4.37. The van der Waals surface area contributed by atoms with Gasteiger partial charge in [-0.05, 0) is 57.0 Å². The summed E-state index contributed by atoms with van der Waals surface area (Å²) in [5, 5.41) is 7.03. The Morgan fingerprint density at radius 1 is 1.50 bits per heavy atom. The van der Waals surface area contributed by atoms with Gasteiger partial charge in [0.25, 0.3) is 0 Å². The third kappa shape index (κ3) is 1.56. The van der Waals surface area contributed by atoms with E-state index in [4.69, 9.17) is 17.0 Å². The first-order valence-corrected chi connectivity index (χ1v) is 6.23. The summed E-state index contributed by atoms with van der Waals surface area (Å²) in [5.74, 6) is 1.66. The Kier molecular flexibility index (Phi) is 2.57. The van der Waals surface area contributed by atoms with Gasteiger partial charge in [-0.25, -0.2) is 4.99 Å². The number of rotatable bonds is 2. The molecular formula is C12H20ClN3. The first-order valence-electron chi connectivity index (χ1n) is 5.85. The fourth-order valence-corrected chi connectivity index (χ4v) is 3.22. The standard InChI is InChI=1S/C12H20ClN3/c1-8-9-5-12(8,6-9)16(11(2,3)4)7-15-10(13)14/h7-9,14H,5-6H2,1-4H3/t8-,9?,12?/m1/s1. The lowest BCUT2D eigenvalue weighted by atomic mass is 9.42. The maximum atomic E-state index is 7.18. The van der Waals surface area contributed by atoms with Crippen LogP contribution in [0.5, 0.6) is 0 Å². The van der Waals surface area contributed by atoms with E-state index in [-0.39, 0.29) is 10.8 Å². The number of aliphatic imine (C=N–C) groups is 1. The molecule has 3 rings (SSSR count). The second-order valence-corrected chi connectivity index (χ2v) is 6.49. The average Bonchev–Trinajstić information content (AvgIpc) is 2.06. The Labute approximate surface area is 102 Å². The van der Waals surface area contributed by atoms with Gasteiger partial charge < -0.3 is 4.90 Å². The molecule has 0 amide bonds. The molecule has 3 fully saturated rings. The molecule has 4 heteroatoms. The summed E-state index contributed by atoms with van der Waals surface area (Å²) < 4.78 is 0. The second-order valence-electron chi connectivity index (χ2n) is 6.14. The van der Waals surface area contributed by atoms with Crippen molar-refractivity contribution in [2.75, 3.05) is 0 Å². The number of halogens is 1. The monoisotopic (exact) mass is 241 g/mol. The van der Waals surface area contributed by atoms with E-state index in [1.54, 1.807) is 6.34 Å². The van der Waals surface area contributed by atoms with E-state index < -0.39 is 0 Å². The van der Waals surface area contributed by atoms with Crippen molar-refractivity contribution in [2.24, 2.45) is 16.8 Å². The van der Waals surface area contributed by atoms with Gasteiger partial charge in [0.05, 0.1) is 6.34 Å². The van der Waals surface area contributed by atoms with Crippen LogP contribution in [-0.2, 0) is 0 Å². The third-order valence-electron chi connectivity index (χ3n) is 4.28. The normalized spacial score (nSPS) is 36.8. The van der Waals surface area contributed by atoms with E-state index in [2.05, 4.69) is 37.6 Å². The molecule has 3 nitrogen and oxygen atoms in total. The van der Waals surface area contributed by atoms with Crippen molar-refractivity contribution in [3.8, 4) is 0 Å². The van der Waals surface area contributed by atoms with E-state index in [0.29, 0.717) is 5.54 Å². The number of hydrogen-bond acceptors (Lipinski definition) is 1. The highest BCUT2D eigenvalue weighted by Gasteiger charge is 2.66. The lowest BCUT2D eigenvalue weighted by molar-refractivity contribution is -0.195. The molecule has 1 N–H and O–H groups in total. The van der Waals surface area contributed by atoms with Crippen LogP contribution in [0, 0.1) is 17.2 Å². The highest BCUT2D eigenvalue weighted by molar-refractivity contribution is 6.64. The lowest BCUT2D eigenvalue weighted by Gasteiger charge is -2.73. The van der Waals surface area contributed by atoms with Crippen LogP contribution >= 0.6 is 11.6 Å². The predicted molar refractivity (Wildman–Crippen MR) is 68.3 cm³/mol. The minimum atomic E-state index is -0.145. The summed E-state index contributed by atoms with van der Waals surface area (Å²) in [4.78, 5) is 6.26. The van der Waals surface area contributed by atoms with Gasteiger partial charge in [0.15, 0.2) is 0 Å². The van der Waals surface area contributed by atoms with Crippen LogP contribution in [0.4, 0.5) is 0 Å². The molecule has 0 heterocycles. The molecule has 0 radical (unpaired) electrons. The van der Waals surface area contributed by atoms with Crippen molar-refractivity contribution in [1.82, 2.24) is 4.90 Å². The number of nitrogens with one attached hydrogen (secondary N) is 1. The van der Waals surface area contributed by atoms with Gasteiger partial charge in [-0.2, -0.15) is 0 Å². The smallest absolute Gasteiger partial charge is 0.216 e. The molecule has 0 aliphatic heterocycles. The molecule has 0 spiro atoms. The van der Waals surface area contributed by atoms with Crippen LogP contribution in [0.3, 0.4) is 0 Å². The molecule has 0 aromatic heterocycles. The van der Waals surface area contributed by atoms with Gasteiger partial charge >= 0.3 is 0 Å². The molecule has 3 aliphatic carbocycles. The number of nitrogens with zero attached hydrogens (tertiary/aromatic N) is 2. The minimum Gasteiger partial charge on any atom is -0.352 e. The Morgan fingerprint density at radius 3 is 2.31 bits per heavy atom. The Hall–Kier alpha value is -0.570. The molecule has 0 saturated heterocycles. The van der Waals surface area contributed by atoms with Crippen molar-refractivity contribution in [3.05, 3.63) is 0 Å². The molecule has 2 bridgehead atoms. The summed E-state index contributed by atoms with van der Waals surface area (Å²) in [7, 11) is 0. The molecule has 0 aromatic carbocycles. The van der Waals surface area contributed by atoms with E-state index >= 15 is 0 Å². The molecule has 0 aromatic rings. The SMILES string of the molecule is C[C@@H]1C2CC1(N(C=NC(=N)Cl)C(C)(C)C)C2. The van der Waals surface area contributed by atoms with Crippen LogP contribution in [0.25, 0.3) is 0 Å². The van der Waals surface area contributed by atoms with Crippen molar-refractivity contribution in [1.29, 1.82) is 5.41 Å². The van der Waals surface area contributed by atoms with Crippen LogP contribution in [0.15, 0.2) is 4.99 Å². The molecule has 0 unspecified atom stereocenters. The van der Waals surface area contributed by atoms with E-state index in [1.165, 1.54) is 12.8 Å². The van der Waals surface area contributed by atoms with Crippen LogP contribution in [0.2, 0.25) is 0 Å². The Bertz CT molecular complexity index is 337. The van der Waals surface area contributed by atoms with Gasteiger partial charge in [-0.15, -0.1) is 0 Å². The zero-order valence-corrected chi connectivity index (χ0v) is 11.2. The summed E-state index contributed by atoms with van der Waals surface area (Å²) in [6.45, 7) is 8.87. The molecule has 3 saturated carbocycles. The molecular weight excluding hydrogens is 222 g/mol. The average molecular weight is 242 g/mol. The fraction of sp³-hybridized carbons (Fsp3) is 0.833. The maximum absolute atomic E-state index is 7.18.